The summed E-state index contributed by atoms with van der Waals surface area (Å²) in [6.45, 7) is 0. The van der Waals surface area contributed by atoms with Crippen molar-refractivity contribution in [3.05, 3.63) is 90.8 Å². The summed E-state index contributed by atoms with van der Waals surface area (Å²) < 4.78 is 1.78. The van der Waals surface area contributed by atoms with Crippen LogP contribution in [0, 0.1) is 0 Å². The van der Waals surface area contributed by atoms with Crippen LogP contribution < -0.4 is 0 Å². The van der Waals surface area contributed by atoms with Crippen LogP contribution in [0.15, 0.2) is 79.3 Å². The summed E-state index contributed by atoms with van der Waals surface area (Å²) in [5.41, 5.74) is 5.72. The van der Waals surface area contributed by atoms with Crippen molar-refractivity contribution in [2.75, 3.05) is 0 Å². The standard InChI is InChI=1S/C23H18N6/c1-29-21(24-15-26-29)13-20-19(16-8-4-2-5-9-16)12-18-14-25-28-23(22(18)27-20)17-10-6-3-7-11-17/h2-12,14-15H,13H2,1H3. The number of pyridine rings is 1. The fraction of sp³-hybridized carbons (Fsp3) is 0.0870. The maximum absolute atomic E-state index is 5.06. The van der Waals surface area contributed by atoms with E-state index in [1.807, 2.05) is 55.6 Å². The highest BCUT2D eigenvalue weighted by atomic mass is 15.3. The van der Waals surface area contributed by atoms with Gasteiger partial charge in [0, 0.05) is 23.6 Å². The second-order valence-corrected chi connectivity index (χ2v) is 6.82. The van der Waals surface area contributed by atoms with Crippen LogP contribution in [0.25, 0.3) is 33.3 Å². The van der Waals surface area contributed by atoms with E-state index < -0.39 is 0 Å². The molecule has 140 valence electrons. The Hall–Kier alpha value is -3.93. The molecule has 0 fully saturated rings. The Labute approximate surface area is 167 Å². The fourth-order valence-corrected chi connectivity index (χ4v) is 3.47. The van der Waals surface area contributed by atoms with Crippen LogP contribution in [-0.2, 0) is 13.5 Å². The molecule has 0 aliphatic carbocycles. The molecular formula is C23H18N6. The molecule has 0 atom stereocenters. The lowest BCUT2D eigenvalue weighted by Crippen LogP contribution is -2.05. The van der Waals surface area contributed by atoms with Gasteiger partial charge < -0.3 is 0 Å². The molecule has 0 unspecified atom stereocenters. The second kappa shape index (κ2) is 7.24. The third-order valence-electron chi connectivity index (χ3n) is 4.97. The van der Waals surface area contributed by atoms with E-state index in [0.29, 0.717) is 6.42 Å². The van der Waals surface area contributed by atoms with Crippen LogP contribution in [0.1, 0.15) is 11.5 Å². The molecule has 5 rings (SSSR count). The average Bonchev–Trinajstić information content (AvgIpc) is 3.18. The number of hydrogen-bond donors (Lipinski definition) is 0. The predicted octanol–water partition coefficient (Wildman–Crippen LogP) is 4.08. The molecule has 29 heavy (non-hydrogen) atoms. The van der Waals surface area contributed by atoms with Gasteiger partial charge in [0.1, 0.15) is 23.4 Å². The summed E-state index contributed by atoms with van der Waals surface area (Å²) in [5, 5.41) is 13.8. The van der Waals surface area contributed by atoms with Crippen molar-refractivity contribution < 1.29 is 0 Å². The minimum Gasteiger partial charge on any atom is -0.253 e. The van der Waals surface area contributed by atoms with Crippen molar-refractivity contribution in [2.24, 2.45) is 7.05 Å². The summed E-state index contributed by atoms with van der Waals surface area (Å²) in [7, 11) is 1.90. The molecule has 2 aromatic carbocycles. The third kappa shape index (κ3) is 3.25. The van der Waals surface area contributed by atoms with Gasteiger partial charge in [-0.15, -0.1) is 5.10 Å². The molecule has 0 saturated heterocycles. The Bertz CT molecular complexity index is 1280. The lowest BCUT2D eigenvalue weighted by Gasteiger charge is -2.12. The van der Waals surface area contributed by atoms with E-state index in [1.54, 1.807) is 17.2 Å². The largest absolute Gasteiger partial charge is 0.253 e. The van der Waals surface area contributed by atoms with Crippen molar-refractivity contribution in [1.29, 1.82) is 0 Å². The van der Waals surface area contributed by atoms with Crippen LogP contribution in [-0.4, -0.2) is 29.9 Å². The molecule has 0 aliphatic heterocycles. The first-order chi connectivity index (χ1) is 14.3. The van der Waals surface area contributed by atoms with Crippen LogP contribution in [0.5, 0.6) is 0 Å². The van der Waals surface area contributed by atoms with E-state index >= 15 is 0 Å². The quantitative estimate of drug-likeness (QED) is 0.471. The van der Waals surface area contributed by atoms with Gasteiger partial charge in [0.25, 0.3) is 0 Å². The molecule has 0 bridgehead atoms. The van der Waals surface area contributed by atoms with E-state index in [4.69, 9.17) is 4.98 Å². The van der Waals surface area contributed by atoms with Crippen LogP contribution in [0.4, 0.5) is 0 Å². The summed E-state index contributed by atoms with van der Waals surface area (Å²) in [5.74, 6) is 0.859. The van der Waals surface area contributed by atoms with Gasteiger partial charge in [-0.25, -0.2) is 9.97 Å². The SMILES string of the molecule is Cn1ncnc1Cc1nc2c(-c3ccccc3)nncc2cc1-c1ccccc1. The predicted molar refractivity (Wildman–Crippen MR) is 112 cm³/mol. The lowest BCUT2D eigenvalue weighted by atomic mass is 9.99. The van der Waals surface area contributed by atoms with Gasteiger partial charge in [-0.05, 0) is 11.6 Å². The monoisotopic (exact) mass is 378 g/mol. The van der Waals surface area contributed by atoms with E-state index in [2.05, 4.69) is 38.5 Å². The maximum Gasteiger partial charge on any atom is 0.138 e. The molecule has 3 heterocycles. The molecule has 0 radical (unpaired) electrons. The number of aromatic nitrogens is 6. The first-order valence-corrected chi connectivity index (χ1v) is 9.38. The highest BCUT2D eigenvalue weighted by Crippen LogP contribution is 2.31. The Morgan fingerprint density at radius 2 is 1.62 bits per heavy atom. The van der Waals surface area contributed by atoms with Gasteiger partial charge in [0.2, 0.25) is 0 Å². The minimum atomic E-state index is 0.577. The molecule has 3 aromatic heterocycles. The van der Waals surface area contributed by atoms with Crippen molar-refractivity contribution in [2.45, 2.75) is 6.42 Å². The molecule has 0 aliphatic rings. The normalized spacial score (nSPS) is 11.1. The second-order valence-electron chi connectivity index (χ2n) is 6.82. The van der Waals surface area contributed by atoms with E-state index in [1.165, 1.54) is 0 Å². The van der Waals surface area contributed by atoms with Gasteiger partial charge >= 0.3 is 0 Å². The zero-order valence-electron chi connectivity index (χ0n) is 15.9. The molecule has 6 heteroatoms. The van der Waals surface area contributed by atoms with Gasteiger partial charge in [0.15, 0.2) is 0 Å². The highest BCUT2D eigenvalue weighted by Gasteiger charge is 2.16. The van der Waals surface area contributed by atoms with Crippen LogP contribution in [0.3, 0.4) is 0 Å². The molecule has 0 N–H and O–H groups in total. The van der Waals surface area contributed by atoms with Gasteiger partial charge in [-0.3, -0.25) is 4.68 Å². The summed E-state index contributed by atoms with van der Waals surface area (Å²) >= 11 is 0. The van der Waals surface area contributed by atoms with Crippen molar-refractivity contribution in [3.8, 4) is 22.4 Å². The third-order valence-corrected chi connectivity index (χ3v) is 4.97. The molecule has 0 amide bonds. The minimum absolute atomic E-state index is 0.577. The number of fused-ring (bicyclic) bond motifs is 1. The highest BCUT2D eigenvalue weighted by molar-refractivity contribution is 5.93. The average molecular weight is 378 g/mol. The van der Waals surface area contributed by atoms with E-state index in [-0.39, 0.29) is 0 Å². The molecule has 6 nitrogen and oxygen atoms in total. The topological polar surface area (TPSA) is 69.4 Å². The molecule has 0 spiro atoms. The zero-order valence-corrected chi connectivity index (χ0v) is 15.9. The number of rotatable bonds is 4. The summed E-state index contributed by atoms with van der Waals surface area (Å²) in [6, 6.07) is 22.4. The van der Waals surface area contributed by atoms with Crippen molar-refractivity contribution >= 4 is 10.9 Å². The van der Waals surface area contributed by atoms with E-state index in [9.17, 15) is 0 Å². The van der Waals surface area contributed by atoms with Gasteiger partial charge in [-0.2, -0.15) is 10.2 Å². The number of nitrogens with zero attached hydrogens (tertiary/aromatic N) is 6. The number of hydrogen-bond acceptors (Lipinski definition) is 5. The summed E-state index contributed by atoms with van der Waals surface area (Å²) in [4.78, 5) is 9.45. The van der Waals surface area contributed by atoms with Gasteiger partial charge in [0.05, 0.1) is 18.3 Å². The van der Waals surface area contributed by atoms with Crippen LogP contribution in [0.2, 0.25) is 0 Å². The van der Waals surface area contributed by atoms with Crippen LogP contribution >= 0.6 is 0 Å². The fourth-order valence-electron chi connectivity index (χ4n) is 3.47. The van der Waals surface area contributed by atoms with Gasteiger partial charge in [-0.1, -0.05) is 60.7 Å². The molecular weight excluding hydrogens is 360 g/mol. The molecule has 0 saturated carbocycles. The maximum atomic E-state index is 5.06. The number of benzene rings is 2. The number of aryl methyl sites for hydroxylation is 1. The Morgan fingerprint density at radius 3 is 2.31 bits per heavy atom. The summed E-state index contributed by atoms with van der Waals surface area (Å²) in [6.07, 6.45) is 3.92. The molecule has 5 aromatic rings. The van der Waals surface area contributed by atoms with Crippen molar-refractivity contribution in [3.63, 3.8) is 0 Å². The Balaban J connectivity index is 1.75. The Kier molecular flexibility index (Phi) is 4.29. The lowest BCUT2D eigenvalue weighted by molar-refractivity contribution is 0.713. The van der Waals surface area contributed by atoms with Crippen molar-refractivity contribution in [1.82, 2.24) is 29.9 Å². The Morgan fingerprint density at radius 1 is 0.897 bits per heavy atom. The first kappa shape index (κ1) is 17.2. The zero-order chi connectivity index (χ0) is 19.6. The van der Waals surface area contributed by atoms with E-state index in [0.717, 1.165) is 44.8 Å². The first-order valence-electron chi connectivity index (χ1n) is 9.38. The smallest absolute Gasteiger partial charge is 0.138 e.